The second kappa shape index (κ2) is 7.96. The van der Waals surface area contributed by atoms with E-state index in [4.69, 9.17) is 5.73 Å². The number of hydrogen-bond acceptors (Lipinski definition) is 4. The summed E-state index contributed by atoms with van der Waals surface area (Å²) in [4.78, 5) is 16.3. The van der Waals surface area contributed by atoms with Gasteiger partial charge in [0.05, 0.1) is 12.0 Å². The monoisotopic (exact) mass is 285 g/mol. The molecule has 3 unspecified atom stereocenters. The van der Waals surface area contributed by atoms with Crippen molar-refractivity contribution in [1.29, 1.82) is 0 Å². The van der Waals surface area contributed by atoms with Crippen molar-refractivity contribution in [3.05, 3.63) is 0 Å². The lowest BCUT2D eigenvalue weighted by Crippen LogP contribution is -2.44. The molecule has 0 aromatic heterocycles. The number of carbonyl (C=O) groups excluding carboxylic acids is 1. The van der Waals surface area contributed by atoms with Crippen molar-refractivity contribution < 1.29 is 9.90 Å². The van der Waals surface area contributed by atoms with Crippen LogP contribution in [0.15, 0.2) is 0 Å². The van der Waals surface area contributed by atoms with Crippen LogP contribution in [0.1, 0.15) is 33.6 Å². The second-order valence-corrected chi connectivity index (χ2v) is 6.46. The Morgan fingerprint density at radius 3 is 2.35 bits per heavy atom. The van der Waals surface area contributed by atoms with Crippen LogP contribution >= 0.6 is 0 Å². The number of rotatable bonds is 6. The zero-order chi connectivity index (χ0) is 15.3. The minimum absolute atomic E-state index is 0.0992. The van der Waals surface area contributed by atoms with Gasteiger partial charge in [-0.05, 0) is 45.7 Å². The van der Waals surface area contributed by atoms with Crippen molar-refractivity contribution in [3.8, 4) is 0 Å². The lowest BCUT2D eigenvalue weighted by Gasteiger charge is -2.35. The fraction of sp³-hybridized carbons (Fsp3) is 0.933. The largest absolute Gasteiger partial charge is 0.392 e. The summed E-state index contributed by atoms with van der Waals surface area (Å²) in [7, 11) is 1.88. The molecular formula is C15H31N3O2. The Labute approximate surface area is 123 Å². The predicted molar refractivity (Wildman–Crippen MR) is 81.3 cm³/mol. The number of aliphatic hydroxyl groups excluding tert-OH is 1. The molecule has 118 valence electrons. The third kappa shape index (κ3) is 5.38. The summed E-state index contributed by atoms with van der Waals surface area (Å²) < 4.78 is 0. The first-order valence-corrected chi connectivity index (χ1v) is 7.72. The van der Waals surface area contributed by atoms with E-state index < -0.39 is 0 Å². The standard InChI is InChI=1S/C15H31N3O2/c1-11(19)9-18-7-5-14(6-8-18)10-17(4)15(20)12(2)13(3)16/h11-14,19H,5-10,16H2,1-4H3. The molecule has 0 bridgehead atoms. The maximum Gasteiger partial charge on any atom is 0.226 e. The van der Waals surface area contributed by atoms with Gasteiger partial charge in [0.15, 0.2) is 0 Å². The molecule has 5 nitrogen and oxygen atoms in total. The second-order valence-electron chi connectivity index (χ2n) is 6.46. The highest BCUT2D eigenvalue weighted by molar-refractivity contribution is 5.78. The van der Waals surface area contributed by atoms with Crippen LogP contribution in [0.5, 0.6) is 0 Å². The van der Waals surface area contributed by atoms with Crippen LogP contribution in [0, 0.1) is 11.8 Å². The Bertz CT molecular complexity index is 299. The van der Waals surface area contributed by atoms with E-state index in [0.29, 0.717) is 5.92 Å². The molecule has 0 spiro atoms. The Kier molecular flexibility index (Phi) is 6.92. The van der Waals surface area contributed by atoms with Crippen molar-refractivity contribution >= 4 is 5.91 Å². The molecule has 5 heteroatoms. The smallest absolute Gasteiger partial charge is 0.226 e. The van der Waals surface area contributed by atoms with Gasteiger partial charge in [0.25, 0.3) is 0 Å². The molecule has 0 radical (unpaired) electrons. The van der Waals surface area contributed by atoms with Gasteiger partial charge < -0.3 is 20.6 Å². The Morgan fingerprint density at radius 1 is 1.35 bits per heavy atom. The van der Waals surface area contributed by atoms with E-state index in [1.165, 1.54) is 0 Å². The van der Waals surface area contributed by atoms with Gasteiger partial charge >= 0.3 is 0 Å². The number of hydrogen-bond donors (Lipinski definition) is 2. The molecular weight excluding hydrogens is 254 g/mol. The summed E-state index contributed by atoms with van der Waals surface area (Å²) in [5.41, 5.74) is 5.79. The lowest BCUT2D eigenvalue weighted by molar-refractivity contribution is -0.134. The predicted octanol–water partition coefficient (Wildman–Crippen LogP) is 0.521. The average Bonchev–Trinajstić information content (AvgIpc) is 2.38. The summed E-state index contributed by atoms with van der Waals surface area (Å²) in [5.74, 6) is 0.594. The van der Waals surface area contributed by atoms with Gasteiger partial charge in [-0.25, -0.2) is 0 Å². The highest BCUT2D eigenvalue weighted by atomic mass is 16.3. The van der Waals surface area contributed by atoms with E-state index in [9.17, 15) is 9.90 Å². The van der Waals surface area contributed by atoms with Crippen LogP contribution in [-0.4, -0.2) is 66.2 Å². The minimum Gasteiger partial charge on any atom is -0.392 e. The summed E-state index contributed by atoms with van der Waals surface area (Å²) in [6.45, 7) is 9.20. The molecule has 3 atom stereocenters. The lowest BCUT2D eigenvalue weighted by atomic mass is 9.95. The third-order valence-electron chi connectivity index (χ3n) is 4.32. The van der Waals surface area contributed by atoms with Crippen LogP contribution in [-0.2, 0) is 4.79 Å². The fourth-order valence-electron chi connectivity index (χ4n) is 2.78. The molecule has 3 N–H and O–H groups in total. The van der Waals surface area contributed by atoms with Gasteiger partial charge in [0.2, 0.25) is 5.91 Å². The van der Waals surface area contributed by atoms with Crippen LogP contribution in [0.3, 0.4) is 0 Å². The van der Waals surface area contributed by atoms with E-state index in [2.05, 4.69) is 4.90 Å². The summed E-state index contributed by atoms with van der Waals surface area (Å²) in [6.07, 6.45) is 1.93. The first kappa shape index (κ1) is 17.4. The van der Waals surface area contributed by atoms with Crippen molar-refractivity contribution in [2.45, 2.75) is 45.8 Å². The highest BCUT2D eigenvalue weighted by Crippen LogP contribution is 2.19. The van der Waals surface area contributed by atoms with Crippen LogP contribution in [0.2, 0.25) is 0 Å². The maximum atomic E-state index is 12.2. The van der Waals surface area contributed by atoms with Gasteiger partial charge in [0, 0.05) is 26.2 Å². The quantitative estimate of drug-likeness (QED) is 0.746. The van der Waals surface area contributed by atoms with Gasteiger partial charge in [-0.3, -0.25) is 4.79 Å². The van der Waals surface area contributed by atoms with E-state index in [1.807, 2.05) is 32.7 Å². The number of likely N-dealkylation sites (tertiary alicyclic amines) is 1. The molecule has 1 rings (SSSR count). The van der Waals surface area contributed by atoms with Gasteiger partial charge in [0.1, 0.15) is 0 Å². The van der Waals surface area contributed by atoms with Crippen LogP contribution in [0.4, 0.5) is 0 Å². The summed E-state index contributed by atoms with van der Waals surface area (Å²) in [5, 5.41) is 9.40. The topological polar surface area (TPSA) is 69.8 Å². The molecule has 20 heavy (non-hydrogen) atoms. The van der Waals surface area contributed by atoms with Crippen molar-refractivity contribution in [2.24, 2.45) is 17.6 Å². The molecule has 0 aromatic carbocycles. The zero-order valence-corrected chi connectivity index (χ0v) is 13.4. The van der Waals surface area contributed by atoms with Gasteiger partial charge in [-0.1, -0.05) is 6.92 Å². The third-order valence-corrected chi connectivity index (χ3v) is 4.32. The van der Waals surface area contributed by atoms with Crippen LogP contribution in [0.25, 0.3) is 0 Å². The molecule has 0 aliphatic carbocycles. The molecule has 1 amide bonds. The first-order chi connectivity index (χ1) is 9.31. The van der Waals surface area contributed by atoms with E-state index in [1.54, 1.807) is 0 Å². The molecule has 1 heterocycles. The number of carbonyl (C=O) groups is 1. The molecule has 0 aromatic rings. The van der Waals surface area contributed by atoms with E-state index in [-0.39, 0.29) is 24.0 Å². The Hall–Kier alpha value is -0.650. The van der Waals surface area contributed by atoms with E-state index >= 15 is 0 Å². The first-order valence-electron chi connectivity index (χ1n) is 7.72. The fourth-order valence-corrected chi connectivity index (χ4v) is 2.78. The maximum absolute atomic E-state index is 12.2. The summed E-state index contributed by atoms with van der Waals surface area (Å²) >= 11 is 0. The molecule has 1 fully saturated rings. The normalized spacial score (nSPS) is 22.3. The van der Waals surface area contributed by atoms with Gasteiger partial charge in [-0.15, -0.1) is 0 Å². The summed E-state index contributed by atoms with van der Waals surface area (Å²) in [6, 6.07) is -0.0992. The number of nitrogens with zero attached hydrogens (tertiary/aromatic N) is 2. The number of nitrogens with two attached hydrogens (primary N) is 1. The number of aliphatic hydroxyl groups is 1. The number of β-amino-alcohol motifs (C(OH)–C–C–N with tert-alkyl or cyclic N) is 1. The average molecular weight is 285 g/mol. The van der Waals surface area contributed by atoms with Crippen LogP contribution < -0.4 is 5.73 Å². The molecule has 1 aliphatic heterocycles. The Morgan fingerprint density at radius 2 is 1.90 bits per heavy atom. The molecule has 0 saturated carbocycles. The highest BCUT2D eigenvalue weighted by Gasteiger charge is 2.25. The van der Waals surface area contributed by atoms with E-state index in [0.717, 1.165) is 39.0 Å². The molecule has 1 aliphatic rings. The Balaban J connectivity index is 2.34. The zero-order valence-electron chi connectivity index (χ0n) is 13.4. The van der Waals surface area contributed by atoms with Gasteiger partial charge in [-0.2, -0.15) is 0 Å². The van der Waals surface area contributed by atoms with Crippen molar-refractivity contribution in [1.82, 2.24) is 9.80 Å². The number of amides is 1. The van der Waals surface area contributed by atoms with Crippen molar-refractivity contribution in [2.75, 3.05) is 33.2 Å². The minimum atomic E-state index is -0.261. The SMILES string of the molecule is CC(O)CN1CCC(CN(C)C(=O)C(C)C(C)N)CC1. The molecule has 1 saturated heterocycles. The number of piperidine rings is 1. The van der Waals surface area contributed by atoms with Crippen molar-refractivity contribution in [3.63, 3.8) is 0 Å².